The Balaban J connectivity index is 2.38. The minimum atomic E-state index is 0.376. The van der Waals surface area contributed by atoms with Gasteiger partial charge in [0.25, 0.3) is 0 Å². The highest BCUT2D eigenvalue weighted by Gasteiger charge is 2.29. The second-order valence-electron chi connectivity index (χ2n) is 5.86. The molecule has 2 rings (SSSR count). The van der Waals surface area contributed by atoms with E-state index in [4.69, 9.17) is 0 Å². The van der Waals surface area contributed by atoms with E-state index in [0.717, 1.165) is 4.47 Å². The molecule has 1 aromatic carbocycles. The van der Waals surface area contributed by atoms with Gasteiger partial charge >= 0.3 is 0 Å². The molecule has 1 saturated heterocycles. The first kappa shape index (κ1) is 14.9. The van der Waals surface area contributed by atoms with Crippen LogP contribution in [0.3, 0.4) is 0 Å². The van der Waals surface area contributed by atoms with Crippen LogP contribution >= 0.6 is 15.9 Å². The second kappa shape index (κ2) is 6.27. The number of hydrogen-bond acceptors (Lipinski definition) is 2. The molecular weight excluding hydrogens is 300 g/mol. The van der Waals surface area contributed by atoms with E-state index in [0.29, 0.717) is 18.0 Å². The molecule has 1 aliphatic rings. The number of rotatable bonds is 4. The Morgan fingerprint density at radius 1 is 1.32 bits per heavy atom. The van der Waals surface area contributed by atoms with Gasteiger partial charge in [0.05, 0.1) is 0 Å². The molecule has 106 valence electrons. The Morgan fingerprint density at radius 2 is 2.05 bits per heavy atom. The molecule has 1 heterocycles. The Kier molecular flexibility index (Phi) is 4.91. The van der Waals surface area contributed by atoms with Crippen molar-refractivity contribution in [3.63, 3.8) is 0 Å². The zero-order chi connectivity index (χ0) is 14.0. The molecular formula is C16H25BrN2. The number of benzene rings is 1. The molecule has 0 bridgehead atoms. The molecule has 2 atom stereocenters. The summed E-state index contributed by atoms with van der Waals surface area (Å²) >= 11 is 3.60. The molecule has 0 amide bonds. The Hall–Kier alpha value is -0.540. The van der Waals surface area contributed by atoms with Crippen LogP contribution in [0, 0.1) is 5.92 Å². The predicted molar refractivity (Wildman–Crippen MR) is 86.8 cm³/mol. The summed E-state index contributed by atoms with van der Waals surface area (Å²) in [6.45, 7) is 8.09. The quantitative estimate of drug-likeness (QED) is 0.885. The van der Waals surface area contributed by atoms with Crippen LogP contribution in [0.15, 0.2) is 22.7 Å². The van der Waals surface area contributed by atoms with Crippen LogP contribution in [0.1, 0.15) is 45.2 Å². The number of nitrogens with zero attached hydrogens (tertiary/aromatic N) is 1. The zero-order valence-corrected chi connectivity index (χ0v) is 14.0. The van der Waals surface area contributed by atoms with E-state index < -0.39 is 0 Å². The van der Waals surface area contributed by atoms with E-state index in [9.17, 15) is 0 Å². The summed E-state index contributed by atoms with van der Waals surface area (Å²) in [7, 11) is 2.03. The molecule has 0 saturated carbocycles. The van der Waals surface area contributed by atoms with E-state index in [1.165, 1.54) is 30.6 Å². The highest BCUT2D eigenvalue weighted by atomic mass is 79.9. The SMILES string of the molecule is CNC(C)c1cc(Br)ccc1N1CCCC1C(C)C. The number of anilines is 1. The van der Waals surface area contributed by atoms with Crippen molar-refractivity contribution >= 4 is 21.6 Å². The third-order valence-electron chi connectivity index (χ3n) is 4.27. The normalized spacial score (nSPS) is 21.2. The van der Waals surface area contributed by atoms with Gasteiger partial charge in [-0.2, -0.15) is 0 Å². The molecule has 2 nitrogen and oxygen atoms in total. The van der Waals surface area contributed by atoms with Gasteiger partial charge in [0.15, 0.2) is 0 Å². The lowest BCUT2D eigenvalue weighted by atomic mass is 9.99. The Bertz CT molecular complexity index is 431. The lowest BCUT2D eigenvalue weighted by Crippen LogP contribution is -2.34. The first-order valence-corrected chi connectivity index (χ1v) is 8.07. The van der Waals surface area contributed by atoms with Gasteiger partial charge in [-0.1, -0.05) is 29.8 Å². The van der Waals surface area contributed by atoms with Crippen molar-refractivity contribution in [3.05, 3.63) is 28.2 Å². The molecule has 0 aliphatic carbocycles. The summed E-state index contributed by atoms with van der Waals surface area (Å²) in [5, 5.41) is 3.37. The maximum absolute atomic E-state index is 3.60. The van der Waals surface area contributed by atoms with Crippen molar-refractivity contribution in [2.75, 3.05) is 18.5 Å². The number of hydrogen-bond donors (Lipinski definition) is 1. The van der Waals surface area contributed by atoms with Crippen LogP contribution in [0.25, 0.3) is 0 Å². The predicted octanol–water partition coefficient (Wildman–Crippen LogP) is 4.35. The third-order valence-corrected chi connectivity index (χ3v) is 4.76. The van der Waals surface area contributed by atoms with Crippen LogP contribution in [-0.2, 0) is 0 Å². The molecule has 1 fully saturated rings. The largest absolute Gasteiger partial charge is 0.368 e. The van der Waals surface area contributed by atoms with Crippen LogP contribution < -0.4 is 10.2 Å². The fourth-order valence-electron chi connectivity index (χ4n) is 3.07. The van der Waals surface area contributed by atoms with Crippen LogP contribution in [-0.4, -0.2) is 19.6 Å². The molecule has 1 aliphatic heterocycles. The minimum Gasteiger partial charge on any atom is -0.368 e. The maximum atomic E-state index is 3.60. The molecule has 1 N–H and O–H groups in total. The van der Waals surface area contributed by atoms with Gasteiger partial charge in [-0.25, -0.2) is 0 Å². The van der Waals surface area contributed by atoms with Gasteiger partial charge in [-0.15, -0.1) is 0 Å². The Morgan fingerprint density at radius 3 is 2.68 bits per heavy atom. The average molecular weight is 325 g/mol. The molecule has 1 aromatic rings. The van der Waals surface area contributed by atoms with Gasteiger partial charge in [0.2, 0.25) is 0 Å². The molecule has 0 radical (unpaired) electrons. The molecule has 3 heteroatoms. The average Bonchev–Trinajstić information content (AvgIpc) is 2.87. The lowest BCUT2D eigenvalue weighted by Gasteiger charge is -2.32. The van der Waals surface area contributed by atoms with E-state index in [-0.39, 0.29) is 0 Å². The van der Waals surface area contributed by atoms with Gasteiger partial charge in [0, 0.05) is 28.8 Å². The topological polar surface area (TPSA) is 15.3 Å². The highest BCUT2D eigenvalue weighted by Crippen LogP contribution is 2.35. The smallest absolute Gasteiger partial charge is 0.0417 e. The second-order valence-corrected chi connectivity index (χ2v) is 6.78. The van der Waals surface area contributed by atoms with E-state index in [1.807, 2.05) is 7.05 Å². The summed E-state index contributed by atoms with van der Waals surface area (Å²) < 4.78 is 1.16. The molecule has 0 spiro atoms. The fraction of sp³-hybridized carbons (Fsp3) is 0.625. The number of nitrogens with one attached hydrogen (secondary N) is 1. The summed E-state index contributed by atoms with van der Waals surface area (Å²) in [4.78, 5) is 2.61. The highest BCUT2D eigenvalue weighted by molar-refractivity contribution is 9.10. The first-order chi connectivity index (χ1) is 9.04. The van der Waals surface area contributed by atoms with Gasteiger partial charge < -0.3 is 10.2 Å². The van der Waals surface area contributed by atoms with Crippen molar-refractivity contribution in [1.82, 2.24) is 5.32 Å². The van der Waals surface area contributed by atoms with E-state index in [1.54, 1.807) is 0 Å². The standard InChI is InChI=1S/C16H25BrN2/c1-11(2)15-6-5-9-19(15)16-8-7-13(17)10-14(16)12(3)18-4/h7-8,10-12,15,18H,5-6,9H2,1-4H3. The third kappa shape index (κ3) is 3.14. The summed E-state index contributed by atoms with van der Waals surface area (Å²) in [6.07, 6.45) is 2.63. The van der Waals surface area contributed by atoms with Gasteiger partial charge in [-0.05, 0) is 56.5 Å². The van der Waals surface area contributed by atoms with E-state index >= 15 is 0 Å². The summed E-state index contributed by atoms with van der Waals surface area (Å²) in [5.41, 5.74) is 2.80. The molecule has 19 heavy (non-hydrogen) atoms. The van der Waals surface area contributed by atoms with Crippen molar-refractivity contribution in [2.45, 2.75) is 45.7 Å². The van der Waals surface area contributed by atoms with Crippen LogP contribution in [0.5, 0.6) is 0 Å². The van der Waals surface area contributed by atoms with Gasteiger partial charge in [0.1, 0.15) is 0 Å². The molecule has 2 unspecified atom stereocenters. The van der Waals surface area contributed by atoms with Crippen molar-refractivity contribution < 1.29 is 0 Å². The zero-order valence-electron chi connectivity index (χ0n) is 12.4. The first-order valence-electron chi connectivity index (χ1n) is 7.28. The van der Waals surface area contributed by atoms with E-state index in [2.05, 4.69) is 65.1 Å². The van der Waals surface area contributed by atoms with Gasteiger partial charge in [-0.3, -0.25) is 0 Å². The van der Waals surface area contributed by atoms with Crippen LogP contribution in [0.4, 0.5) is 5.69 Å². The van der Waals surface area contributed by atoms with Crippen molar-refractivity contribution in [2.24, 2.45) is 5.92 Å². The van der Waals surface area contributed by atoms with Crippen LogP contribution in [0.2, 0.25) is 0 Å². The maximum Gasteiger partial charge on any atom is 0.0417 e. The van der Waals surface area contributed by atoms with Crippen molar-refractivity contribution in [3.8, 4) is 0 Å². The van der Waals surface area contributed by atoms with Crippen molar-refractivity contribution in [1.29, 1.82) is 0 Å². The number of halogens is 1. The summed E-state index contributed by atoms with van der Waals surface area (Å²) in [5.74, 6) is 0.712. The monoisotopic (exact) mass is 324 g/mol. The molecule has 0 aromatic heterocycles. The lowest BCUT2D eigenvalue weighted by molar-refractivity contribution is 0.490. The summed E-state index contributed by atoms with van der Waals surface area (Å²) in [6, 6.07) is 7.75. The Labute approximate surface area is 125 Å². The fourth-order valence-corrected chi connectivity index (χ4v) is 3.45. The minimum absolute atomic E-state index is 0.376.